The molecule has 3 heterocycles. The molecule has 7 heteroatoms. The lowest BCUT2D eigenvalue weighted by Crippen LogP contribution is -2.49. The van der Waals surface area contributed by atoms with Crippen LogP contribution in [0, 0.1) is 11.3 Å². The summed E-state index contributed by atoms with van der Waals surface area (Å²) in [6.07, 6.45) is 4.98. The van der Waals surface area contributed by atoms with Gasteiger partial charge in [-0.25, -0.2) is 4.98 Å². The van der Waals surface area contributed by atoms with Gasteiger partial charge in [0.2, 0.25) is 0 Å². The van der Waals surface area contributed by atoms with Crippen LogP contribution in [0.1, 0.15) is 15.9 Å². The number of nitrogens with zero attached hydrogens (tertiary/aromatic N) is 6. The van der Waals surface area contributed by atoms with E-state index in [0.717, 1.165) is 16.7 Å². The number of piperazine rings is 1. The molecule has 3 aromatic rings. The molecule has 1 aliphatic rings. The van der Waals surface area contributed by atoms with Gasteiger partial charge in [-0.3, -0.25) is 9.78 Å². The van der Waals surface area contributed by atoms with Gasteiger partial charge >= 0.3 is 0 Å². The van der Waals surface area contributed by atoms with Gasteiger partial charge in [0.25, 0.3) is 5.91 Å². The molecule has 2 aromatic heterocycles. The van der Waals surface area contributed by atoms with Crippen LogP contribution in [0.2, 0.25) is 0 Å². The Morgan fingerprint density at radius 2 is 1.92 bits per heavy atom. The summed E-state index contributed by atoms with van der Waals surface area (Å²) in [5, 5.41) is 9.29. The molecule has 0 spiro atoms. The summed E-state index contributed by atoms with van der Waals surface area (Å²) < 4.78 is 1.85. The van der Waals surface area contributed by atoms with Crippen LogP contribution in [-0.4, -0.2) is 51.5 Å². The Balaban J connectivity index is 1.54. The first kappa shape index (κ1) is 16.1. The van der Waals surface area contributed by atoms with E-state index in [1.165, 1.54) is 0 Å². The minimum absolute atomic E-state index is 0.0279. The third-order valence-corrected chi connectivity index (χ3v) is 4.78. The highest BCUT2D eigenvalue weighted by atomic mass is 16.2. The van der Waals surface area contributed by atoms with Crippen LogP contribution in [-0.2, 0) is 7.05 Å². The highest BCUT2D eigenvalue weighted by molar-refractivity contribution is 6.04. The molecule has 0 radical (unpaired) electrons. The predicted molar refractivity (Wildman–Crippen MR) is 97.8 cm³/mol. The highest BCUT2D eigenvalue weighted by Gasteiger charge is 2.25. The summed E-state index contributed by atoms with van der Waals surface area (Å²) in [6, 6.07) is 9.81. The molecule has 4 rings (SSSR count). The topological polar surface area (TPSA) is 78.1 Å². The number of carbonyl (C=O) groups excluding carboxylic acids is 1. The molecule has 1 amide bonds. The molecule has 1 aromatic carbocycles. The molecule has 0 unspecified atom stereocenters. The van der Waals surface area contributed by atoms with E-state index in [1.807, 2.05) is 40.8 Å². The molecule has 0 atom stereocenters. The zero-order valence-corrected chi connectivity index (χ0v) is 14.5. The number of hydrogen-bond acceptors (Lipinski definition) is 5. The molecule has 0 aliphatic carbocycles. The van der Waals surface area contributed by atoms with E-state index < -0.39 is 0 Å². The first-order valence-corrected chi connectivity index (χ1v) is 8.47. The Bertz CT molecular complexity index is 1010. The van der Waals surface area contributed by atoms with Gasteiger partial charge in [0, 0.05) is 39.4 Å². The van der Waals surface area contributed by atoms with E-state index in [2.05, 4.69) is 20.9 Å². The quantitative estimate of drug-likeness (QED) is 0.707. The smallest absolute Gasteiger partial charge is 0.257 e. The summed E-state index contributed by atoms with van der Waals surface area (Å²) in [5.41, 5.74) is 3.70. The predicted octanol–water partition coefficient (Wildman–Crippen LogP) is 1.80. The van der Waals surface area contributed by atoms with E-state index in [4.69, 9.17) is 0 Å². The number of carbonyl (C=O) groups is 1. The van der Waals surface area contributed by atoms with Crippen LogP contribution in [0.4, 0.5) is 5.69 Å². The number of benzene rings is 1. The van der Waals surface area contributed by atoms with Crippen LogP contribution in [0.3, 0.4) is 0 Å². The minimum Gasteiger partial charge on any atom is -0.367 e. The van der Waals surface area contributed by atoms with Gasteiger partial charge in [0.1, 0.15) is 11.6 Å². The average molecular weight is 346 g/mol. The number of hydrogen-bond donors (Lipinski definition) is 0. The number of rotatable bonds is 2. The monoisotopic (exact) mass is 346 g/mol. The molecule has 0 N–H and O–H groups in total. The zero-order valence-electron chi connectivity index (χ0n) is 14.5. The number of imidazole rings is 1. The van der Waals surface area contributed by atoms with Gasteiger partial charge in [-0.05, 0) is 12.1 Å². The van der Waals surface area contributed by atoms with Gasteiger partial charge < -0.3 is 14.4 Å². The number of pyridine rings is 1. The van der Waals surface area contributed by atoms with Gasteiger partial charge in [-0.15, -0.1) is 0 Å². The molecule has 0 saturated carbocycles. The molecule has 7 nitrogen and oxygen atoms in total. The summed E-state index contributed by atoms with van der Waals surface area (Å²) >= 11 is 0. The number of fused-ring (bicyclic) bond motifs is 1. The maximum Gasteiger partial charge on any atom is 0.257 e. The summed E-state index contributed by atoms with van der Waals surface area (Å²) in [7, 11) is 1.88. The second-order valence-electron chi connectivity index (χ2n) is 6.32. The molecule has 130 valence electrons. The number of nitriles is 1. The van der Waals surface area contributed by atoms with Crippen molar-refractivity contribution in [2.75, 3.05) is 31.1 Å². The second-order valence-corrected chi connectivity index (χ2v) is 6.32. The SMILES string of the molecule is Cn1cnc2cncc(C(=O)N3CCN(c4ccccc4C#N)CC3)c21. The van der Waals surface area contributed by atoms with Crippen molar-refractivity contribution in [2.45, 2.75) is 0 Å². The van der Waals surface area contributed by atoms with Crippen molar-refractivity contribution in [2.24, 2.45) is 7.05 Å². The average Bonchev–Trinajstić information content (AvgIpc) is 3.09. The van der Waals surface area contributed by atoms with Crippen LogP contribution in [0.15, 0.2) is 43.0 Å². The van der Waals surface area contributed by atoms with Gasteiger partial charge in [-0.1, -0.05) is 12.1 Å². The Morgan fingerprint density at radius 1 is 1.15 bits per heavy atom. The standard InChI is InChI=1S/C19H18N6O/c1-23-13-22-16-12-21-11-15(18(16)23)19(26)25-8-6-24(7-9-25)17-5-3-2-4-14(17)10-20/h2-5,11-13H,6-9H2,1H3. The van der Waals surface area contributed by atoms with Crippen molar-refractivity contribution in [3.05, 3.63) is 54.1 Å². The molecule has 0 bridgehead atoms. The molecule has 1 fully saturated rings. The minimum atomic E-state index is -0.0279. The van der Waals surface area contributed by atoms with E-state index in [-0.39, 0.29) is 5.91 Å². The van der Waals surface area contributed by atoms with Crippen LogP contribution >= 0.6 is 0 Å². The van der Waals surface area contributed by atoms with E-state index >= 15 is 0 Å². The summed E-state index contributed by atoms with van der Waals surface area (Å²) in [5.74, 6) is -0.0279. The lowest BCUT2D eigenvalue weighted by atomic mass is 10.1. The van der Waals surface area contributed by atoms with Gasteiger partial charge in [0.05, 0.1) is 34.9 Å². The van der Waals surface area contributed by atoms with Crippen molar-refractivity contribution in [1.82, 2.24) is 19.4 Å². The first-order chi connectivity index (χ1) is 12.7. The fourth-order valence-corrected chi connectivity index (χ4v) is 3.44. The van der Waals surface area contributed by atoms with Crippen LogP contribution in [0.5, 0.6) is 0 Å². The van der Waals surface area contributed by atoms with Crippen molar-refractivity contribution in [3.8, 4) is 6.07 Å². The Kier molecular flexibility index (Phi) is 4.01. The number of aryl methyl sites for hydroxylation is 1. The largest absolute Gasteiger partial charge is 0.367 e. The first-order valence-electron chi connectivity index (χ1n) is 8.47. The number of anilines is 1. The molecule has 1 saturated heterocycles. The van der Waals surface area contributed by atoms with Crippen LogP contribution in [0.25, 0.3) is 11.0 Å². The third-order valence-electron chi connectivity index (χ3n) is 4.78. The number of aromatic nitrogens is 3. The lowest BCUT2D eigenvalue weighted by Gasteiger charge is -2.36. The molecular weight excluding hydrogens is 328 g/mol. The number of amides is 1. The normalized spacial score (nSPS) is 14.5. The van der Waals surface area contributed by atoms with Crippen molar-refractivity contribution in [3.63, 3.8) is 0 Å². The Labute approximate surface area is 151 Å². The van der Waals surface area contributed by atoms with Crippen molar-refractivity contribution < 1.29 is 4.79 Å². The summed E-state index contributed by atoms with van der Waals surface area (Å²) in [6.45, 7) is 2.60. The van der Waals surface area contributed by atoms with Crippen molar-refractivity contribution >= 4 is 22.6 Å². The molecular formula is C19H18N6O. The number of para-hydroxylation sites is 1. The molecule has 26 heavy (non-hydrogen) atoms. The Hall–Kier alpha value is -3.40. The van der Waals surface area contributed by atoms with Crippen LogP contribution < -0.4 is 4.90 Å². The van der Waals surface area contributed by atoms with E-state index in [9.17, 15) is 10.1 Å². The molecule has 1 aliphatic heterocycles. The maximum absolute atomic E-state index is 13.0. The van der Waals surface area contributed by atoms with E-state index in [1.54, 1.807) is 18.7 Å². The fourth-order valence-electron chi connectivity index (χ4n) is 3.44. The third kappa shape index (κ3) is 2.65. The fraction of sp³-hybridized carbons (Fsp3) is 0.263. The van der Waals surface area contributed by atoms with E-state index in [0.29, 0.717) is 37.3 Å². The zero-order chi connectivity index (χ0) is 18.1. The van der Waals surface area contributed by atoms with Gasteiger partial charge in [0.15, 0.2) is 0 Å². The lowest BCUT2D eigenvalue weighted by molar-refractivity contribution is 0.0748. The maximum atomic E-state index is 13.0. The summed E-state index contributed by atoms with van der Waals surface area (Å²) in [4.78, 5) is 25.4. The van der Waals surface area contributed by atoms with Crippen molar-refractivity contribution in [1.29, 1.82) is 5.26 Å². The highest BCUT2D eigenvalue weighted by Crippen LogP contribution is 2.23. The van der Waals surface area contributed by atoms with Gasteiger partial charge in [-0.2, -0.15) is 5.26 Å². The Morgan fingerprint density at radius 3 is 2.69 bits per heavy atom. The second kappa shape index (κ2) is 6.48.